The molecule has 1 saturated carbocycles. The van der Waals surface area contributed by atoms with Crippen molar-refractivity contribution in [2.45, 2.75) is 37.0 Å². The highest BCUT2D eigenvalue weighted by Gasteiger charge is 2.26. The van der Waals surface area contributed by atoms with Crippen LogP contribution in [-0.2, 0) is 19.4 Å². The maximum absolute atomic E-state index is 13.0. The summed E-state index contributed by atoms with van der Waals surface area (Å²) in [6.07, 6.45) is 8.25. The fourth-order valence-corrected chi connectivity index (χ4v) is 4.64. The van der Waals surface area contributed by atoms with Gasteiger partial charge in [-0.3, -0.25) is 19.5 Å². The minimum Gasteiger partial charge on any atom is -0.300 e. The maximum Gasteiger partial charge on any atom is 0.232 e. The normalized spacial score (nSPS) is 16.9. The van der Waals surface area contributed by atoms with E-state index in [-0.39, 0.29) is 33.9 Å². The molecular formula is C19H20ClN3O4S. The fraction of sp³-hybridized carbons (Fsp3) is 0.368. The lowest BCUT2D eigenvalue weighted by atomic mass is 10.0. The van der Waals surface area contributed by atoms with Crippen molar-refractivity contribution in [2.24, 2.45) is 5.92 Å². The molecule has 1 heterocycles. The fourth-order valence-electron chi connectivity index (χ4n) is 3.32. The Morgan fingerprint density at radius 1 is 1.32 bits per heavy atom. The van der Waals surface area contributed by atoms with Gasteiger partial charge in [0.05, 0.1) is 21.8 Å². The smallest absolute Gasteiger partial charge is 0.232 e. The quantitative estimate of drug-likeness (QED) is 0.709. The predicted octanol–water partition coefficient (Wildman–Crippen LogP) is 3.35. The van der Waals surface area contributed by atoms with Crippen LogP contribution < -0.4 is 4.90 Å². The molecule has 1 aromatic heterocycles. The molecule has 0 saturated heterocycles. The number of benzene rings is 1. The van der Waals surface area contributed by atoms with E-state index in [4.69, 9.17) is 11.6 Å². The molecular weight excluding hydrogens is 402 g/mol. The summed E-state index contributed by atoms with van der Waals surface area (Å²) in [6, 6.07) is 4.33. The van der Waals surface area contributed by atoms with Crippen LogP contribution in [0.5, 0.6) is 0 Å². The van der Waals surface area contributed by atoms with Crippen LogP contribution in [0.3, 0.4) is 0 Å². The second-order valence-corrected chi connectivity index (χ2v) is 9.26. The van der Waals surface area contributed by atoms with Gasteiger partial charge in [-0.1, -0.05) is 11.6 Å². The highest BCUT2D eigenvalue weighted by atomic mass is 35.5. The Morgan fingerprint density at radius 2 is 2.11 bits per heavy atom. The van der Waals surface area contributed by atoms with Gasteiger partial charge in [-0.05, 0) is 37.0 Å². The van der Waals surface area contributed by atoms with E-state index in [1.165, 1.54) is 41.7 Å². The number of Topliss-reactive ketones (excluding diaryl/α,β-unsaturated/α-hetero) is 1. The number of rotatable bonds is 6. The van der Waals surface area contributed by atoms with Crippen molar-refractivity contribution < 1.29 is 18.0 Å². The first-order chi connectivity index (χ1) is 13.3. The second-order valence-electron chi connectivity index (χ2n) is 6.87. The zero-order valence-electron chi connectivity index (χ0n) is 15.3. The van der Waals surface area contributed by atoms with E-state index < -0.39 is 9.84 Å². The average Bonchev–Trinajstić information content (AvgIpc) is 3.05. The SMILES string of the molecule is CS(=O)(=O)c1ccc(N(C(=O)CC[C@H]2CCC(=O)C2)c2cnccn2)cc1Cl. The number of hydrogen-bond acceptors (Lipinski definition) is 6. The highest BCUT2D eigenvalue weighted by molar-refractivity contribution is 7.90. The third-order valence-corrected chi connectivity index (χ3v) is 6.30. The summed E-state index contributed by atoms with van der Waals surface area (Å²) in [4.78, 5) is 34.0. The van der Waals surface area contributed by atoms with Crippen molar-refractivity contribution in [3.63, 3.8) is 0 Å². The van der Waals surface area contributed by atoms with E-state index in [0.29, 0.717) is 30.8 Å². The van der Waals surface area contributed by atoms with Gasteiger partial charge in [0.2, 0.25) is 5.91 Å². The zero-order valence-corrected chi connectivity index (χ0v) is 16.9. The van der Waals surface area contributed by atoms with Crippen molar-refractivity contribution in [1.29, 1.82) is 0 Å². The number of nitrogens with zero attached hydrogens (tertiary/aromatic N) is 3. The Kier molecular flexibility index (Phi) is 6.10. The van der Waals surface area contributed by atoms with Crippen LogP contribution in [0.1, 0.15) is 32.1 Å². The van der Waals surface area contributed by atoms with Gasteiger partial charge in [0.15, 0.2) is 15.7 Å². The molecule has 1 amide bonds. The zero-order chi connectivity index (χ0) is 20.3. The minimum absolute atomic E-state index is 0.00562. The average molecular weight is 422 g/mol. The van der Waals surface area contributed by atoms with E-state index >= 15 is 0 Å². The van der Waals surface area contributed by atoms with Crippen LogP contribution in [0.25, 0.3) is 0 Å². The number of ketones is 1. The molecule has 1 aromatic carbocycles. The van der Waals surface area contributed by atoms with Gasteiger partial charge in [0.1, 0.15) is 5.78 Å². The second kappa shape index (κ2) is 8.36. The standard InChI is InChI=1S/C19H20ClN3O4S/c1-28(26,27)17-6-4-14(11-16(17)20)23(18-12-21-8-9-22-18)19(25)7-3-13-2-5-15(24)10-13/h4,6,8-9,11-13H,2-3,5,7,10H2,1H3/t13-/m1/s1. The number of amides is 1. The number of sulfone groups is 1. The minimum atomic E-state index is -3.48. The van der Waals surface area contributed by atoms with Crippen LogP contribution in [0.4, 0.5) is 11.5 Å². The Hall–Kier alpha value is -2.32. The lowest BCUT2D eigenvalue weighted by Gasteiger charge is -2.23. The number of carbonyl (C=O) groups is 2. The number of carbonyl (C=O) groups excluding carboxylic acids is 2. The summed E-state index contributed by atoms with van der Waals surface area (Å²) < 4.78 is 23.6. The van der Waals surface area contributed by atoms with Gasteiger partial charge in [-0.2, -0.15) is 0 Å². The number of hydrogen-bond donors (Lipinski definition) is 0. The Labute approximate surface area is 168 Å². The Balaban J connectivity index is 1.88. The van der Waals surface area contributed by atoms with Crippen LogP contribution >= 0.6 is 11.6 Å². The van der Waals surface area contributed by atoms with Crippen molar-refractivity contribution in [3.05, 3.63) is 41.8 Å². The molecule has 3 rings (SSSR count). The number of aromatic nitrogens is 2. The predicted molar refractivity (Wildman–Crippen MR) is 105 cm³/mol. The summed E-state index contributed by atoms with van der Waals surface area (Å²) in [5, 5.41) is 0.0306. The highest BCUT2D eigenvalue weighted by Crippen LogP contribution is 2.32. The van der Waals surface area contributed by atoms with Crippen LogP contribution in [0, 0.1) is 5.92 Å². The van der Waals surface area contributed by atoms with Gasteiger partial charge in [-0.15, -0.1) is 0 Å². The molecule has 9 heteroatoms. The molecule has 0 aliphatic heterocycles. The molecule has 0 radical (unpaired) electrons. The van der Waals surface area contributed by atoms with E-state index in [1.54, 1.807) is 0 Å². The molecule has 28 heavy (non-hydrogen) atoms. The Morgan fingerprint density at radius 3 is 2.68 bits per heavy atom. The van der Waals surface area contributed by atoms with Gasteiger partial charge in [0.25, 0.3) is 0 Å². The van der Waals surface area contributed by atoms with Crippen LogP contribution in [0.2, 0.25) is 5.02 Å². The number of halogens is 1. The molecule has 0 bridgehead atoms. The van der Waals surface area contributed by atoms with Crippen LogP contribution in [0.15, 0.2) is 41.7 Å². The van der Waals surface area contributed by atoms with Crippen molar-refractivity contribution >= 4 is 44.6 Å². The van der Waals surface area contributed by atoms with Crippen LogP contribution in [-0.4, -0.2) is 36.3 Å². The first-order valence-electron chi connectivity index (χ1n) is 8.86. The molecule has 1 aliphatic carbocycles. The summed E-state index contributed by atoms with van der Waals surface area (Å²) in [5.74, 6) is 0.559. The summed E-state index contributed by atoms with van der Waals surface area (Å²) in [7, 11) is -3.48. The molecule has 7 nitrogen and oxygen atoms in total. The topological polar surface area (TPSA) is 97.3 Å². The summed E-state index contributed by atoms with van der Waals surface area (Å²) in [6.45, 7) is 0. The lowest BCUT2D eigenvalue weighted by molar-refractivity contribution is -0.119. The van der Waals surface area contributed by atoms with Gasteiger partial charge >= 0.3 is 0 Å². The molecule has 148 valence electrons. The molecule has 0 unspecified atom stereocenters. The van der Waals surface area contributed by atoms with E-state index in [2.05, 4.69) is 9.97 Å². The van der Waals surface area contributed by atoms with E-state index in [0.717, 1.165) is 12.7 Å². The summed E-state index contributed by atoms with van der Waals surface area (Å²) >= 11 is 6.16. The molecule has 1 aliphatic rings. The third-order valence-electron chi connectivity index (χ3n) is 4.72. The van der Waals surface area contributed by atoms with Crippen molar-refractivity contribution in [2.75, 3.05) is 11.2 Å². The maximum atomic E-state index is 13.0. The van der Waals surface area contributed by atoms with Gasteiger partial charge in [-0.25, -0.2) is 13.4 Å². The summed E-state index contributed by atoms with van der Waals surface area (Å²) in [5.41, 5.74) is 0.408. The first-order valence-corrected chi connectivity index (χ1v) is 11.1. The molecule has 1 fully saturated rings. The van der Waals surface area contributed by atoms with Crippen molar-refractivity contribution in [1.82, 2.24) is 9.97 Å². The monoisotopic (exact) mass is 421 g/mol. The first kappa shape index (κ1) is 20.4. The van der Waals surface area contributed by atoms with E-state index in [1.807, 2.05) is 0 Å². The third kappa shape index (κ3) is 4.74. The molecule has 1 atom stereocenters. The van der Waals surface area contributed by atoms with E-state index in [9.17, 15) is 18.0 Å². The molecule has 0 N–H and O–H groups in total. The molecule has 2 aromatic rings. The molecule has 0 spiro atoms. The number of anilines is 2. The van der Waals surface area contributed by atoms with Gasteiger partial charge < -0.3 is 0 Å². The Bertz CT molecular complexity index is 995. The van der Waals surface area contributed by atoms with Crippen molar-refractivity contribution in [3.8, 4) is 0 Å². The van der Waals surface area contributed by atoms with Gasteiger partial charge in [0, 0.05) is 37.9 Å². The lowest BCUT2D eigenvalue weighted by Crippen LogP contribution is -2.27. The largest absolute Gasteiger partial charge is 0.300 e.